The number of non-ortho nitro benzene ring substituents is 1. The van der Waals surface area contributed by atoms with Crippen molar-refractivity contribution < 1.29 is 4.92 Å². The molecule has 0 unspecified atom stereocenters. The van der Waals surface area contributed by atoms with Crippen molar-refractivity contribution in [1.29, 1.82) is 0 Å². The lowest BCUT2D eigenvalue weighted by Crippen LogP contribution is -2.27. The largest absolute Gasteiger partial charge is 0.269 e. The second-order valence-corrected chi connectivity index (χ2v) is 9.08. The van der Waals surface area contributed by atoms with E-state index in [2.05, 4.69) is 0 Å². The van der Waals surface area contributed by atoms with Crippen LogP contribution in [0.1, 0.15) is 17.2 Å². The van der Waals surface area contributed by atoms with Gasteiger partial charge >= 0.3 is 0 Å². The molecule has 33 heavy (non-hydrogen) atoms. The second-order valence-electron chi connectivity index (χ2n) is 7.97. The molecule has 1 aromatic heterocycles. The van der Waals surface area contributed by atoms with E-state index in [1.165, 1.54) is 11.6 Å². The molecule has 9 heteroatoms. The maximum absolute atomic E-state index is 11.4. The topological polar surface area (TPSA) is 89.5 Å². The Morgan fingerprint density at radius 2 is 1.79 bits per heavy atom. The van der Waals surface area contributed by atoms with Crippen LogP contribution in [-0.2, 0) is 0 Å². The van der Waals surface area contributed by atoms with Crippen LogP contribution in [0.2, 0.25) is 0 Å². The van der Waals surface area contributed by atoms with Gasteiger partial charge in [0.05, 0.1) is 16.7 Å². The van der Waals surface area contributed by atoms with Gasteiger partial charge in [0.2, 0.25) is 0 Å². The van der Waals surface area contributed by atoms with Crippen LogP contribution in [-0.4, -0.2) is 30.8 Å². The Morgan fingerprint density at radius 1 is 1.00 bits per heavy atom. The minimum atomic E-state index is -0.366. The first-order valence-corrected chi connectivity index (χ1v) is 11.3. The summed E-state index contributed by atoms with van der Waals surface area (Å²) in [5.74, 6) is 1.44. The first kappa shape index (κ1) is 19.7. The van der Waals surface area contributed by atoms with Crippen molar-refractivity contribution in [3.05, 3.63) is 100 Å². The Hall–Kier alpha value is -3.98. The van der Waals surface area contributed by atoms with Gasteiger partial charge in [-0.3, -0.25) is 15.1 Å². The van der Waals surface area contributed by atoms with E-state index >= 15 is 0 Å². The summed E-state index contributed by atoms with van der Waals surface area (Å²) in [6.07, 6.45) is 0. The van der Waals surface area contributed by atoms with Gasteiger partial charge in [0.25, 0.3) is 5.69 Å². The fraction of sp³-hybridized carbons (Fsp3) is 0.125. The van der Waals surface area contributed by atoms with Gasteiger partial charge in [-0.25, -0.2) is 4.98 Å². The van der Waals surface area contributed by atoms with E-state index in [0.717, 1.165) is 27.8 Å². The molecule has 0 radical (unpaired) electrons. The van der Waals surface area contributed by atoms with Crippen LogP contribution in [0.5, 0.6) is 0 Å². The minimum absolute atomic E-state index is 0.0643. The molecule has 3 heterocycles. The van der Waals surface area contributed by atoms with E-state index in [9.17, 15) is 10.1 Å². The Kier molecular flexibility index (Phi) is 4.51. The highest BCUT2D eigenvalue weighted by Crippen LogP contribution is 2.47. The highest BCUT2D eigenvalue weighted by Gasteiger charge is 2.47. The molecule has 3 aromatic carbocycles. The fourth-order valence-electron chi connectivity index (χ4n) is 4.18. The summed E-state index contributed by atoms with van der Waals surface area (Å²) in [4.78, 5) is 15.8. The molecule has 0 saturated carbocycles. The third kappa shape index (κ3) is 3.28. The quantitative estimate of drug-likeness (QED) is 0.316. The number of nitro benzene ring substituents is 1. The molecule has 2 aliphatic heterocycles. The molecule has 2 aliphatic rings. The number of nitrogens with zero attached hydrogens (tertiary/aromatic N) is 6. The Bertz CT molecular complexity index is 1400. The Balaban J connectivity index is 1.43. The molecule has 0 fully saturated rings. The van der Waals surface area contributed by atoms with Crippen LogP contribution >= 0.6 is 11.8 Å². The molecule has 0 amide bonds. The van der Waals surface area contributed by atoms with E-state index in [1.807, 2.05) is 72.6 Å². The smallest absolute Gasteiger partial charge is 0.258 e. The highest BCUT2D eigenvalue weighted by atomic mass is 32.2. The van der Waals surface area contributed by atoms with Gasteiger partial charge in [-0.05, 0) is 24.6 Å². The van der Waals surface area contributed by atoms with Crippen molar-refractivity contribution in [1.82, 2.24) is 14.8 Å². The average molecular weight is 455 g/mol. The summed E-state index contributed by atoms with van der Waals surface area (Å²) < 4.78 is 1.80. The molecule has 0 spiro atoms. The van der Waals surface area contributed by atoms with E-state index in [-0.39, 0.29) is 21.9 Å². The SMILES string of the molecule is Cc1ccc(-c2nc3n(n2)C2=NN(c4ccccc4)[C@@H](c4cccc([N+](=O)[O-])c4)[C@@H]2S3)cc1. The third-order valence-corrected chi connectivity index (χ3v) is 6.99. The molecule has 0 bridgehead atoms. The standard InChI is InChI=1S/C24H18N6O2S/c1-15-10-12-16(13-11-15)22-25-24-29(26-22)23-21(33-24)20(17-6-5-9-19(14-17)30(31)32)28(27-23)18-7-3-2-4-8-18/h2-14,20-21H,1H3/t20-,21-/m0/s1. The molecule has 0 aliphatic carbocycles. The van der Waals surface area contributed by atoms with Gasteiger partial charge in [-0.1, -0.05) is 71.9 Å². The van der Waals surface area contributed by atoms with Crippen molar-refractivity contribution in [3.63, 3.8) is 0 Å². The normalized spacial score (nSPS) is 18.7. The lowest BCUT2D eigenvalue weighted by molar-refractivity contribution is -0.384. The first-order chi connectivity index (χ1) is 16.1. The van der Waals surface area contributed by atoms with E-state index in [0.29, 0.717) is 5.82 Å². The Labute approximate surface area is 193 Å². The summed E-state index contributed by atoms with van der Waals surface area (Å²) >= 11 is 1.59. The number of aromatic nitrogens is 3. The fourth-order valence-corrected chi connectivity index (χ4v) is 5.43. The summed E-state index contributed by atoms with van der Waals surface area (Å²) in [7, 11) is 0. The van der Waals surface area contributed by atoms with Crippen LogP contribution in [0.25, 0.3) is 11.4 Å². The van der Waals surface area contributed by atoms with Crippen LogP contribution in [0.15, 0.2) is 89.1 Å². The predicted molar refractivity (Wildman–Crippen MR) is 127 cm³/mol. The molecular weight excluding hydrogens is 436 g/mol. The average Bonchev–Trinajstić information content (AvgIpc) is 3.50. The number of fused-ring (bicyclic) bond motifs is 3. The summed E-state index contributed by atoms with van der Waals surface area (Å²) in [6.45, 7) is 2.05. The van der Waals surface area contributed by atoms with E-state index < -0.39 is 0 Å². The maximum Gasteiger partial charge on any atom is 0.269 e. The zero-order chi connectivity index (χ0) is 22.5. The van der Waals surface area contributed by atoms with Crippen molar-refractivity contribution in [2.75, 3.05) is 5.01 Å². The number of thioether (sulfide) groups is 1. The van der Waals surface area contributed by atoms with Crippen molar-refractivity contribution in [2.24, 2.45) is 5.10 Å². The molecule has 162 valence electrons. The first-order valence-electron chi connectivity index (χ1n) is 10.5. The predicted octanol–water partition coefficient (Wildman–Crippen LogP) is 5.06. The monoisotopic (exact) mass is 454 g/mol. The van der Waals surface area contributed by atoms with E-state index in [1.54, 1.807) is 28.6 Å². The van der Waals surface area contributed by atoms with Gasteiger partial charge < -0.3 is 0 Å². The summed E-state index contributed by atoms with van der Waals surface area (Å²) in [5, 5.41) is 23.7. The lowest BCUT2D eigenvalue weighted by Gasteiger charge is -2.26. The van der Waals surface area contributed by atoms with Crippen LogP contribution in [0, 0.1) is 17.0 Å². The van der Waals surface area contributed by atoms with Crippen LogP contribution in [0.3, 0.4) is 0 Å². The maximum atomic E-state index is 11.4. The zero-order valence-electron chi connectivity index (χ0n) is 17.6. The number of anilines is 1. The number of benzene rings is 3. The summed E-state index contributed by atoms with van der Waals surface area (Å²) in [5.41, 5.74) is 3.94. The molecule has 0 saturated heterocycles. The van der Waals surface area contributed by atoms with Crippen molar-refractivity contribution in [3.8, 4) is 11.4 Å². The number of rotatable bonds is 4. The third-order valence-electron chi connectivity index (χ3n) is 5.79. The second kappa shape index (κ2) is 7.56. The summed E-state index contributed by atoms with van der Waals surface area (Å²) in [6, 6.07) is 24.5. The lowest BCUT2D eigenvalue weighted by atomic mass is 10.0. The number of aryl methyl sites for hydroxylation is 1. The molecule has 2 atom stereocenters. The van der Waals surface area contributed by atoms with Gasteiger partial charge in [0.15, 0.2) is 16.8 Å². The van der Waals surface area contributed by atoms with Gasteiger partial charge in [-0.2, -0.15) is 9.78 Å². The number of nitro groups is 1. The van der Waals surface area contributed by atoms with Crippen LogP contribution < -0.4 is 5.01 Å². The number of hydrogen-bond donors (Lipinski definition) is 0. The molecular formula is C24H18N6O2S. The number of hydrazone groups is 1. The Morgan fingerprint density at radius 3 is 2.55 bits per heavy atom. The van der Waals surface area contributed by atoms with Gasteiger partial charge in [0.1, 0.15) is 5.25 Å². The number of hydrogen-bond acceptors (Lipinski definition) is 7. The molecule has 4 aromatic rings. The number of para-hydroxylation sites is 1. The zero-order valence-corrected chi connectivity index (χ0v) is 18.4. The minimum Gasteiger partial charge on any atom is -0.258 e. The van der Waals surface area contributed by atoms with Crippen molar-refractivity contribution >= 4 is 29.0 Å². The highest BCUT2D eigenvalue weighted by molar-refractivity contribution is 8.01. The van der Waals surface area contributed by atoms with Gasteiger partial charge in [-0.15, -0.1) is 5.10 Å². The van der Waals surface area contributed by atoms with Crippen molar-refractivity contribution in [2.45, 2.75) is 23.4 Å². The molecule has 6 rings (SSSR count). The molecule has 0 N–H and O–H groups in total. The van der Waals surface area contributed by atoms with Crippen LogP contribution in [0.4, 0.5) is 11.4 Å². The van der Waals surface area contributed by atoms with Gasteiger partial charge in [0, 0.05) is 17.7 Å². The molecule has 8 nitrogen and oxygen atoms in total. The van der Waals surface area contributed by atoms with E-state index in [4.69, 9.17) is 15.2 Å².